The second-order valence-electron chi connectivity index (χ2n) is 5.47. The van der Waals surface area contributed by atoms with Crippen molar-refractivity contribution in [1.82, 2.24) is 0 Å². The fourth-order valence-corrected chi connectivity index (χ4v) is 1.48. The quantitative estimate of drug-likeness (QED) is 0.607. The summed E-state index contributed by atoms with van der Waals surface area (Å²) in [4.78, 5) is 0. The van der Waals surface area contributed by atoms with Crippen molar-refractivity contribution in [2.24, 2.45) is 11.1 Å². The number of phenolic OH excluding ortho intramolecular Hbond substituents is 2. The molecule has 1 aromatic rings. The van der Waals surface area contributed by atoms with Gasteiger partial charge in [-0.3, -0.25) is 0 Å². The third kappa shape index (κ3) is 3.61. The van der Waals surface area contributed by atoms with E-state index in [9.17, 15) is 15.3 Å². The van der Waals surface area contributed by atoms with E-state index < -0.39 is 6.10 Å². The molecule has 4 nitrogen and oxygen atoms in total. The number of benzene rings is 1. The number of aliphatic hydroxyl groups is 1. The van der Waals surface area contributed by atoms with E-state index in [1.807, 2.05) is 20.8 Å². The maximum absolute atomic E-state index is 10.00. The van der Waals surface area contributed by atoms with E-state index in [0.29, 0.717) is 12.0 Å². The maximum Gasteiger partial charge on any atom is 0.157 e. The lowest BCUT2D eigenvalue weighted by atomic mass is 9.83. The minimum atomic E-state index is -0.740. The molecule has 0 bridgehead atoms. The Labute approximate surface area is 102 Å². The molecule has 0 aromatic heterocycles. The number of aromatic hydroxyl groups is 2. The Morgan fingerprint density at radius 1 is 1.18 bits per heavy atom. The molecule has 0 spiro atoms. The van der Waals surface area contributed by atoms with Crippen molar-refractivity contribution >= 4 is 0 Å². The van der Waals surface area contributed by atoms with Crippen LogP contribution >= 0.6 is 0 Å². The van der Waals surface area contributed by atoms with Crippen molar-refractivity contribution in [2.45, 2.75) is 39.3 Å². The van der Waals surface area contributed by atoms with Gasteiger partial charge in [0.1, 0.15) is 0 Å². The minimum absolute atomic E-state index is 0.0834. The first-order valence-corrected chi connectivity index (χ1v) is 5.67. The van der Waals surface area contributed by atoms with Crippen LogP contribution in [0.1, 0.15) is 38.9 Å². The highest BCUT2D eigenvalue weighted by Crippen LogP contribution is 2.31. The number of hydrogen-bond donors (Lipinski definition) is 4. The Kier molecular flexibility index (Phi) is 4.01. The monoisotopic (exact) mass is 239 g/mol. The molecule has 0 saturated heterocycles. The zero-order chi connectivity index (χ0) is 13.2. The van der Waals surface area contributed by atoms with Gasteiger partial charge in [0.2, 0.25) is 0 Å². The Morgan fingerprint density at radius 2 is 1.76 bits per heavy atom. The predicted octanol–water partition coefficient (Wildman–Crippen LogP) is 1.89. The van der Waals surface area contributed by atoms with Crippen LogP contribution in [0.4, 0.5) is 0 Å². The van der Waals surface area contributed by atoms with Crippen LogP contribution in [0.5, 0.6) is 11.5 Å². The zero-order valence-corrected chi connectivity index (χ0v) is 10.5. The van der Waals surface area contributed by atoms with Crippen molar-refractivity contribution in [2.75, 3.05) is 0 Å². The van der Waals surface area contributed by atoms with E-state index >= 15 is 0 Å². The highest BCUT2D eigenvalue weighted by atomic mass is 16.3. The smallest absolute Gasteiger partial charge is 0.157 e. The number of hydrogen-bond acceptors (Lipinski definition) is 4. The molecule has 0 aliphatic heterocycles. The van der Waals surface area contributed by atoms with Crippen LogP contribution in [-0.4, -0.2) is 21.4 Å². The number of rotatable bonds is 3. The summed E-state index contributed by atoms with van der Waals surface area (Å²) in [6.07, 6.45) is -0.330. The lowest BCUT2D eigenvalue weighted by molar-refractivity contribution is 0.133. The normalized spacial score (nSPS) is 15.6. The summed E-state index contributed by atoms with van der Waals surface area (Å²) in [5.41, 5.74) is 6.46. The van der Waals surface area contributed by atoms with Gasteiger partial charge in [-0.15, -0.1) is 0 Å². The van der Waals surface area contributed by atoms with Crippen LogP contribution in [-0.2, 0) is 0 Å². The van der Waals surface area contributed by atoms with Crippen LogP contribution in [0.3, 0.4) is 0 Å². The lowest BCUT2D eigenvalue weighted by Gasteiger charge is -2.29. The topological polar surface area (TPSA) is 86.7 Å². The average molecular weight is 239 g/mol. The van der Waals surface area contributed by atoms with Gasteiger partial charge in [-0.25, -0.2) is 0 Å². The molecule has 0 radical (unpaired) electrons. The molecule has 4 heteroatoms. The standard InChI is InChI=1S/C13H21NO3/c1-13(2,3)12(14)7-10(16)8-4-5-9(15)11(17)6-8/h4-6,10,12,15-17H,7,14H2,1-3H3/t10-,12+/m0/s1. The van der Waals surface area contributed by atoms with Gasteiger partial charge in [-0.05, 0) is 29.5 Å². The molecule has 0 aliphatic rings. The second kappa shape index (κ2) is 4.94. The molecule has 0 aliphatic carbocycles. The van der Waals surface area contributed by atoms with Crippen molar-refractivity contribution in [3.8, 4) is 11.5 Å². The molecule has 1 aromatic carbocycles. The molecule has 0 unspecified atom stereocenters. The highest BCUT2D eigenvalue weighted by Gasteiger charge is 2.24. The van der Waals surface area contributed by atoms with Gasteiger partial charge in [0.25, 0.3) is 0 Å². The highest BCUT2D eigenvalue weighted by molar-refractivity contribution is 5.41. The molecule has 2 atom stereocenters. The van der Waals surface area contributed by atoms with Gasteiger partial charge in [0, 0.05) is 6.04 Å². The summed E-state index contributed by atoms with van der Waals surface area (Å²) in [5, 5.41) is 28.5. The molecule has 0 saturated carbocycles. The van der Waals surface area contributed by atoms with E-state index in [4.69, 9.17) is 5.73 Å². The van der Waals surface area contributed by atoms with E-state index in [-0.39, 0.29) is 23.0 Å². The van der Waals surface area contributed by atoms with Crippen LogP contribution in [0.2, 0.25) is 0 Å². The summed E-state index contributed by atoms with van der Waals surface area (Å²) in [6.45, 7) is 6.04. The number of aliphatic hydroxyl groups excluding tert-OH is 1. The third-order valence-corrected chi connectivity index (χ3v) is 2.97. The fraction of sp³-hybridized carbons (Fsp3) is 0.538. The van der Waals surface area contributed by atoms with Gasteiger partial charge in [-0.1, -0.05) is 26.8 Å². The van der Waals surface area contributed by atoms with Gasteiger partial charge in [-0.2, -0.15) is 0 Å². The summed E-state index contributed by atoms with van der Waals surface area (Å²) in [7, 11) is 0. The van der Waals surface area contributed by atoms with E-state index in [1.165, 1.54) is 12.1 Å². The summed E-state index contributed by atoms with van der Waals surface area (Å²) in [5.74, 6) is -0.424. The minimum Gasteiger partial charge on any atom is -0.504 e. The number of phenols is 2. The van der Waals surface area contributed by atoms with Crippen molar-refractivity contribution < 1.29 is 15.3 Å². The van der Waals surface area contributed by atoms with Crippen LogP contribution in [0.25, 0.3) is 0 Å². The first-order chi connectivity index (χ1) is 7.71. The third-order valence-electron chi connectivity index (χ3n) is 2.97. The van der Waals surface area contributed by atoms with Crippen molar-refractivity contribution in [3.05, 3.63) is 23.8 Å². The summed E-state index contributed by atoms with van der Waals surface area (Å²) in [6, 6.07) is 4.15. The van der Waals surface area contributed by atoms with Crippen molar-refractivity contribution in [1.29, 1.82) is 0 Å². The summed E-state index contributed by atoms with van der Waals surface area (Å²) >= 11 is 0. The molecule has 0 amide bonds. The van der Waals surface area contributed by atoms with E-state index in [0.717, 1.165) is 0 Å². The summed E-state index contributed by atoms with van der Waals surface area (Å²) < 4.78 is 0. The largest absolute Gasteiger partial charge is 0.504 e. The molecular weight excluding hydrogens is 218 g/mol. The van der Waals surface area contributed by atoms with Gasteiger partial charge in [0.05, 0.1) is 6.10 Å². The SMILES string of the molecule is CC(C)(C)[C@H](N)C[C@H](O)c1ccc(O)c(O)c1. The average Bonchev–Trinajstić information content (AvgIpc) is 2.20. The van der Waals surface area contributed by atoms with Gasteiger partial charge < -0.3 is 21.1 Å². The Morgan fingerprint density at radius 3 is 2.24 bits per heavy atom. The zero-order valence-electron chi connectivity index (χ0n) is 10.5. The van der Waals surface area contributed by atoms with Crippen LogP contribution in [0, 0.1) is 5.41 Å². The Balaban J connectivity index is 2.76. The number of nitrogens with two attached hydrogens (primary N) is 1. The molecule has 1 rings (SSSR count). The van der Waals surface area contributed by atoms with Gasteiger partial charge >= 0.3 is 0 Å². The lowest BCUT2D eigenvalue weighted by Crippen LogP contribution is -2.36. The van der Waals surface area contributed by atoms with Crippen molar-refractivity contribution in [3.63, 3.8) is 0 Å². The van der Waals surface area contributed by atoms with Crippen LogP contribution < -0.4 is 5.73 Å². The molecule has 0 heterocycles. The van der Waals surface area contributed by atoms with Crippen LogP contribution in [0.15, 0.2) is 18.2 Å². The first kappa shape index (κ1) is 13.8. The molecule has 5 N–H and O–H groups in total. The fourth-order valence-electron chi connectivity index (χ4n) is 1.48. The molecule has 17 heavy (non-hydrogen) atoms. The van der Waals surface area contributed by atoms with E-state index in [1.54, 1.807) is 6.07 Å². The Bertz CT molecular complexity index is 385. The first-order valence-electron chi connectivity index (χ1n) is 5.67. The van der Waals surface area contributed by atoms with E-state index in [2.05, 4.69) is 0 Å². The molecule has 96 valence electrons. The molecule has 0 fully saturated rings. The maximum atomic E-state index is 10.00. The molecular formula is C13H21NO3. The predicted molar refractivity (Wildman–Crippen MR) is 66.8 cm³/mol. The second-order valence-corrected chi connectivity index (χ2v) is 5.47. The van der Waals surface area contributed by atoms with Gasteiger partial charge in [0.15, 0.2) is 11.5 Å². The Hall–Kier alpha value is -1.26.